The second-order valence-corrected chi connectivity index (χ2v) is 9.67. The molecule has 0 saturated carbocycles. The normalized spacial score (nSPS) is 12.8. The van der Waals surface area contributed by atoms with Crippen LogP contribution >= 0.6 is 11.3 Å². The van der Waals surface area contributed by atoms with Gasteiger partial charge in [-0.1, -0.05) is 13.8 Å². The minimum absolute atomic E-state index is 0.0894. The zero-order chi connectivity index (χ0) is 26.3. The summed E-state index contributed by atoms with van der Waals surface area (Å²) in [7, 11) is 1.73. The Labute approximate surface area is 206 Å². The number of carbonyl (C=O) groups is 4. The molecule has 0 radical (unpaired) electrons. The van der Waals surface area contributed by atoms with Crippen molar-refractivity contribution in [3.8, 4) is 5.75 Å². The summed E-state index contributed by atoms with van der Waals surface area (Å²) < 4.78 is 5.36. The fourth-order valence-electron chi connectivity index (χ4n) is 3.72. The zero-order valence-electron chi connectivity index (χ0n) is 19.7. The van der Waals surface area contributed by atoms with Crippen LogP contribution in [0.2, 0.25) is 0 Å². The van der Waals surface area contributed by atoms with Crippen LogP contribution in [-0.2, 0) is 20.9 Å². The lowest BCUT2D eigenvalue weighted by atomic mass is 9.90. The Bertz CT molecular complexity index is 1090. The van der Waals surface area contributed by atoms with Crippen molar-refractivity contribution >= 4 is 40.9 Å². The molecule has 0 saturated heterocycles. The van der Waals surface area contributed by atoms with Gasteiger partial charge in [-0.15, -0.1) is 11.3 Å². The molecular weight excluding hydrogens is 474 g/mol. The first-order valence-electron chi connectivity index (χ1n) is 10.8. The Morgan fingerprint density at radius 2 is 1.69 bits per heavy atom. The molecule has 2 aromatic rings. The summed E-state index contributed by atoms with van der Waals surface area (Å²) in [5.41, 5.74) is 5.93. The van der Waals surface area contributed by atoms with E-state index in [1.54, 1.807) is 48.3 Å². The molecule has 0 spiro atoms. The van der Waals surface area contributed by atoms with E-state index in [2.05, 4.69) is 0 Å². The van der Waals surface area contributed by atoms with E-state index in [-0.39, 0.29) is 24.0 Å². The summed E-state index contributed by atoms with van der Waals surface area (Å²) in [6.07, 6.45) is -0.997. The number of nitrogens with zero attached hydrogens (tertiary/aromatic N) is 1. The molecule has 0 amide bonds. The lowest BCUT2D eigenvalue weighted by molar-refractivity contribution is -0.150. The van der Waals surface area contributed by atoms with Gasteiger partial charge in [0.15, 0.2) is 5.78 Å². The van der Waals surface area contributed by atoms with Gasteiger partial charge in [-0.05, 0) is 49.4 Å². The predicted octanol–water partition coefficient (Wildman–Crippen LogP) is 2.84. The van der Waals surface area contributed by atoms with E-state index in [1.165, 1.54) is 11.3 Å². The molecule has 1 aromatic carbocycles. The molecular formula is C24H29N3O7S. The Kier molecular flexibility index (Phi) is 9.67. The third-order valence-corrected chi connectivity index (χ3v) is 6.35. The van der Waals surface area contributed by atoms with Crippen LogP contribution in [0.25, 0.3) is 0 Å². The molecule has 0 aliphatic heterocycles. The first kappa shape index (κ1) is 27.7. The van der Waals surface area contributed by atoms with Crippen molar-refractivity contribution in [3.05, 3.63) is 51.7 Å². The molecule has 2 rings (SSSR count). The number of rotatable bonds is 13. The second kappa shape index (κ2) is 12.2. The van der Waals surface area contributed by atoms with E-state index in [9.17, 15) is 24.3 Å². The molecule has 0 bridgehead atoms. The van der Waals surface area contributed by atoms with Crippen molar-refractivity contribution in [2.45, 2.75) is 39.3 Å². The zero-order valence-corrected chi connectivity index (χ0v) is 20.5. The van der Waals surface area contributed by atoms with Crippen molar-refractivity contribution in [1.29, 1.82) is 5.41 Å². The number of benzene rings is 1. The van der Waals surface area contributed by atoms with Gasteiger partial charge in [0, 0.05) is 23.4 Å². The van der Waals surface area contributed by atoms with Crippen LogP contribution in [-0.4, -0.2) is 57.7 Å². The molecule has 1 heterocycles. The van der Waals surface area contributed by atoms with Gasteiger partial charge < -0.3 is 20.7 Å². The maximum Gasteiger partial charge on any atom is 0.353 e. The number of nitrogen functional groups attached to an aromatic ring is 1. The Hall–Kier alpha value is -3.57. The number of aliphatic carboxylic acids is 2. The Morgan fingerprint density at radius 3 is 2.20 bits per heavy atom. The van der Waals surface area contributed by atoms with Gasteiger partial charge in [0.2, 0.25) is 0 Å². The topological polar surface area (TPSA) is 171 Å². The van der Waals surface area contributed by atoms with Crippen molar-refractivity contribution in [2.75, 3.05) is 7.05 Å². The fourth-order valence-corrected chi connectivity index (χ4v) is 4.67. The number of carbonyl (C=O) groups excluding carboxylic acids is 2. The van der Waals surface area contributed by atoms with E-state index in [0.717, 1.165) is 4.88 Å². The number of thiophene rings is 1. The number of nitrogens with two attached hydrogens (primary N) is 1. The largest absolute Gasteiger partial charge is 0.481 e. The molecule has 35 heavy (non-hydrogen) atoms. The third-order valence-electron chi connectivity index (χ3n) is 5.30. The van der Waals surface area contributed by atoms with Gasteiger partial charge in [-0.25, -0.2) is 4.79 Å². The highest BCUT2D eigenvalue weighted by Gasteiger charge is 2.32. The van der Waals surface area contributed by atoms with Gasteiger partial charge in [-0.2, -0.15) is 0 Å². The molecule has 1 aromatic heterocycles. The highest BCUT2D eigenvalue weighted by atomic mass is 32.1. The fraction of sp³-hybridized carbons (Fsp3) is 0.375. The van der Waals surface area contributed by atoms with Crippen molar-refractivity contribution < 1.29 is 34.1 Å². The second-order valence-electron chi connectivity index (χ2n) is 8.50. The molecule has 0 aliphatic rings. The first-order chi connectivity index (χ1) is 16.4. The van der Waals surface area contributed by atoms with Crippen molar-refractivity contribution in [2.24, 2.45) is 17.6 Å². The van der Waals surface area contributed by atoms with Crippen LogP contribution in [0.3, 0.4) is 0 Å². The van der Waals surface area contributed by atoms with Crippen molar-refractivity contribution in [1.82, 2.24) is 4.90 Å². The van der Waals surface area contributed by atoms with E-state index < -0.39 is 36.3 Å². The number of hydrogen-bond acceptors (Lipinski definition) is 8. The minimum atomic E-state index is -1.32. The predicted molar refractivity (Wildman–Crippen MR) is 130 cm³/mol. The quantitative estimate of drug-likeness (QED) is 0.139. The third kappa shape index (κ3) is 8.01. The number of hydrogen-bond donors (Lipinski definition) is 4. The summed E-state index contributed by atoms with van der Waals surface area (Å²) in [4.78, 5) is 50.7. The first-order valence-corrected chi connectivity index (χ1v) is 11.6. The van der Waals surface area contributed by atoms with E-state index >= 15 is 0 Å². The number of amidine groups is 1. The van der Waals surface area contributed by atoms with E-state index in [1.807, 2.05) is 13.8 Å². The lowest BCUT2D eigenvalue weighted by Gasteiger charge is -2.30. The van der Waals surface area contributed by atoms with Crippen LogP contribution in [0.5, 0.6) is 5.75 Å². The van der Waals surface area contributed by atoms with Gasteiger partial charge in [0.05, 0.1) is 18.4 Å². The van der Waals surface area contributed by atoms with Gasteiger partial charge in [0.1, 0.15) is 16.5 Å². The minimum Gasteiger partial charge on any atom is -0.481 e. The summed E-state index contributed by atoms with van der Waals surface area (Å²) in [6.45, 7) is 4.00. The van der Waals surface area contributed by atoms with Crippen LogP contribution in [0.1, 0.15) is 46.8 Å². The molecule has 0 aliphatic carbocycles. The summed E-state index contributed by atoms with van der Waals surface area (Å²) in [5.74, 6) is -4.69. The number of ether oxygens (including phenoxy) is 1. The average molecular weight is 504 g/mol. The Morgan fingerprint density at radius 1 is 1.06 bits per heavy atom. The number of Topliss-reactive ketones (excluding diaryl/α,β-unsaturated/α-hetero) is 1. The molecule has 0 fully saturated rings. The highest BCUT2D eigenvalue weighted by molar-refractivity contribution is 7.13. The van der Waals surface area contributed by atoms with Gasteiger partial charge in [0.25, 0.3) is 0 Å². The lowest BCUT2D eigenvalue weighted by Crippen LogP contribution is -2.43. The SMILES string of the molecule is CC(C)[C@@H](C(=O)C[C@H](CC(=O)O)C(=O)O)N(C)Cc1ccc(C(=O)Oc2ccc(C(=N)N)cc2)s1. The van der Waals surface area contributed by atoms with Crippen LogP contribution in [0.4, 0.5) is 0 Å². The summed E-state index contributed by atoms with van der Waals surface area (Å²) >= 11 is 1.21. The van der Waals surface area contributed by atoms with Crippen molar-refractivity contribution in [3.63, 3.8) is 0 Å². The summed E-state index contributed by atoms with van der Waals surface area (Å²) in [6, 6.07) is 9.00. The molecule has 188 valence electrons. The molecule has 10 nitrogen and oxygen atoms in total. The van der Waals surface area contributed by atoms with Crippen LogP contribution < -0.4 is 10.5 Å². The van der Waals surface area contributed by atoms with E-state index in [4.69, 9.17) is 21.0 Å². The van der Waals surface area contributed by atoms with E-state index in [0.29, 0.717) is 22.7 Å². The molecule has 2 atom stereocenters. The molecule has 5 N–H and O–H groups in total. The number of carboxylic acids is 2. The monoisotopic (exact) mass is 503 g/mol. The number of ketones is 1. The van der Waals surface area contributed by atoms with Gasteiger partial charge >= 0.3 is 17.9 Å². The number of likely N-dealkylation sites (N-methyl/N-ethyl adjacent to an activating group) is 1. The van der Waals surface area contributed by atoms with Crippen LogP contribution in [0.15, 0.2) is 36.4 Å². The number of esters is 1. The van der Waals surface area contributed by atoms with Crippen LogP contribution in [0, 0.1) is 17.2 Å². The number of carboxylic acid groups (broad SMARTS) is 2. The highest BCUT2D eigenvalue weighted by Crippen LogP contribution is 2.24. The standard InChI is InChI=1S/C24H29N3O7S/c1-13(2)21(18(28)10-15(23(31)32)11-20(29)30)27(3)12-17-8-9-19(35-17)24(33)34-16-6-4-14(5-7-16)22(25)26/h4-9,13,15,21H,10-12H2,1-3H3,(H3,25,26)(H,29,30)(H,31,32)/t15-,21+/m1/s1. The average Bonchev–Trinajstić information content (AvgIpc) is 3.21. The maximum atomic E-state index is 12.9. The molecule has 0 unspecified atom stereocenters. The maximum absolute atomic E-state index is 12.9. The summed E-state index contributed by atoms with van der Waals surface area (Å²) in [5, 5.41) is 25.6. The smallest absolute Gasteiger partial charge is 0.353 e. The number of nitrogens with one attached hydrogen (secondary N) is 1. The van der Waals surface area contributed by atoms with Gasteiger partial charge in [-0.3, -0.25) is 24.7 Å². The molecule has 11 heteroatoms. The Balaban J connectivity index is 2.05.